The Morgan fingerprint density at radius 1 is 1.17 bits per heavy atom. The van der Waals surface area contributed by atoms with Crippen LogP contribution in [0.2, 0.25) is 0 Å². The van der Waals surface area contributed by atoms with E-state index in [9.17, 15) is 0 Å². The first-order valence-electron chi connectivity index (χ1n) is 0.478. The molecule has 0 aliphatic carbocycles. The predicted octanol–water partition coefficient (Wildman–Crippen LogP) is 3.07. The van der Waals surface area contributed by atoms with Gasteiger partial charge < -0.3 is 0 Å². The Hall–Kier alpha value is 2.86. The molecule has 0 spiro atoms. The average molecular weight is 444 g/mol. The molecule has 0 aromatic rings. The number of rotatable bonds is 0. The molecule has 0 atom stereocenters. The van der Waals surface area contributed by atoms with Crippen LogP contribution in [0.15, 0.2) is 0 Å². The van der Waals surface area contributed by atoms with Gasteiger partial charge in [-0.3, -0.25) is 0 Å². The van der Waals surface area contributed by atoms with Crippen LogP contribution in [0.5, 0.6) is 0 Å². The van der Waals surface area contributed by atoms with Crippen LogP contribution in [-0.2, 0) is 29.9 Å². The molecule has 0 aliphatic heterocycles. The molecule has 0 aromatic carbocycles. The molecule has 0 unspecified atom stereocenters. The summed E-state index contributed by atoms with van der Waals surface area (Å²) in [5.74, 6) is 0. The number of hydrogen-bond donors (Lipinski definition) is 0. The Balaban J connectivity index is 0. The van der Waals surface area contributed by atoms with Crippen molar-refractivity contribution in [2.75, 3.05) is 0 Å². The summed E-state index contributed by atoms with van der Waals surface area (Å²) in [4.78, 5) is 0. The zero-order chi connectivity index (χ0) is 5.41. The van der Waals surface area contributed by atoms with E-state index in [0.29, 0.717) is 13.9 Å². The molecule has 6 heavy (non-hydrogen) atoms. The molecule has 6 heteroatoms. The van der Waals surface area contributed by atoms with Gasteiger partial charge in [0.05, 0.1) is 0 Å². The van der Waals surface area contributed by atoms with Gasteiger partial charge in [0.25, 0.3) is 0 Å². The Kier molecular flexibility index (Phi) is 30.4. The first-order valence-corrected chi connectivity index (χ1v) is 11.6. The van der Waals surface area contributed by atoms with Crippen molar-refractivity contribution in [2.45, 2.75) is 0 Å². The molecule has 0 heterocycles. The molecular weight excluding hydrogens is 444 g/mol. The van der Waals surface area contributed by atoms with Gasteiger partial charge in [-0.05, 0) is 0 Å². The number of halogens is 4. The van der Waals surface area contributed by atoms with Crippen LogP contribution < -0.4 is 0 Å². The molecule has 0 fully saturated rings. The third kappa shape index (κ3) is 28.8. The van der Waals surface area contributed by atoms with E-state index in [1.54, 1.807) is 0 Å². The summed E-state index contributed by atoms with van der Waals surface area (Å²) >= 11 is 6.69. The zero-order valence-corrected chi connectivity index (χ0v) is 9.94. The van der Waals surface area contributed by atoms with E-state index >= 15 is 0 Å². The molecule has 0 aliphatic rings. The topological polar surface area (TPSA) is 0 Å². The maximum atomic E-state index is 4.81. The minimum atomic E-state index is -0.106. The first kappa shape index (κ1) is 11.6. The average Bonchev–Trinajstić information content (AvgIpc) is 1.39. The normalized spacial score (nSPS) is 7.33. The summed E-state index contributed by atoms with van der Waals surface area (Å²) < 4.78 is 0. The molecule has 48 valence electrons. The van der Waals surface area contributed by atoms with E-state index in [-0.39, 0.29) is 15.9 Å². The van der Waals surface area contributed by atoms with Gasteiger partial charge in [0.15, 0.2) is 0 Å². The third-order valence-corrected chi connectivity index (χ3v) is 0. The van der Waals surface area contributed by atoms with Crippen LogP contribution in [0.3, 0.4) is 0 Å². The second kappa shape index (κ2) is 15.7. The second-order valence-corrected chi connectivity index (χ2v) is 9.62. The summed E-state index contributed by atoms with van der Waals surface area (Å²) in [5.41, 5.74) is 0. The van der Waals surface area contributed by atoms with E-state index in [1.165, 1.54) is 0 Å². The van der Waals surface area contributed by atoms with Crippen LogP contribution in [0.4, 0.5) is 0 Å². The Labute approximate surface area is 74.4 Å². The van der Waals surface area contributed by atoms with Crippen LogP contribution in [-0.4, -0.2) is 0 Å². The third-order valence-electron chi connectivity index (χ3n) is 0. The summed E-state index contributed by atoms with van der Waals surface area (Å²) in [5, 5.41) is 0. The summed E-state index contributed by atoms with van der Waals surface area (Å²) in [6.45, 7) is 0. The van der Waals surface area contributed by atoms with Crippen molar-refractivity contribution in [1.82, 2.24) is 0 Å². The van der Waals surface area contributed by atoms with Crippen molar-refractivity contribution < 1.29 is 29.9 Å². The molecule has 0 rings (SSSR count). The molecule has 0 amide bonds. The standard InChI is InChI=1S/2BrH.2ClH.2Pd/h4*1H;;/q;;;;2*+2/p-4. The Morgan fingerprint density at radius 3 is 1.17 bits per heavy atom. The van der Waals surface area contributed by atoms with Crippen molar-refractivity contribution in [3.63, 3.8) is 0 Å². The molecule has 0 nitrogen and oxygen atoms in total. The van der Waals surface area contributed by atoms with E-state index < -0.39 is 0 Å². The molecule has 0 saturated carbocycles. The van der Waals surface area contributed by atoms with Gasteiger partial charge in [0.1, 0.15) is 0 Å². The van der Waals surface area contributed by atoms with E-state index in [1.807, 2.05) is 0 Å². The van der Waals surface area contributed by atoms with E-state index in [4.69, 9.17) is 19.1 Å². The van der Waals surface area contributed by atoms with Crippen LogP contribution in [0.1, 0.15) is 0 Å². The van der Waals surface area contributed by atoms with Crippen molar-refractivity contribution in [3.8, 4) is 0 Å². The van der Waals surface area contributed by atoms with Gasteiger partial charge in [0.2, 0.25) is 0 Å². The van der Waals surface area contributed by atoms with Gasteiger partial charge in [-0.15, -0.1) is 0 Å². The van der Waals surface area contributed by atoms with Crippen molar-refractivity contribution in [2.24, 2.45) is 0 Å². The Morgan fingerprint density at radius 2 is 1.17 bits per heavy atom. The zero-order valence-electron chi connectivity index (χ0n) is 2.14. The van der Waals surface area contributed by atoms with Crippen molar-refractivity contribution in [3.05, 3.63) is 0 Å². The second-order valence-electron chi connectivity index (χ2n) is 0.0904. The predicted molar refractivity (Wildman–Crippen MR) is 29.6 cm³/mol. The SMILES string of the molecule is [Br][Pd][Br].[Cl][Pd][Cl]. The molecule has 0 saturated heterocycles. The van der Waals surface area contributed by atoms with Gasteiger partial charge >= 0.3 is 75.8 Å². The Bertz CT molecular complexity index is 11.5. The van der Waals surface area contributed by atoms with Crippen LogP contribution >= 0.6 is 45.9 Å². The molecule has 0 N–H and O–H groups in total. The fourth-order valence-electron chi connectivity index (χ4n) is 0. The van der Waals surface area contributed by atoms with Gasteiger partial charge in [-0.1, -0.05) is 0 Å². The summed E-state index contributed by atoms with van der Waals surface area (Å²) in [6, 6.07) is 0. The quantitative estimate of drug-likeness (QED) is 0.505. The van der Waals surface area contributed by atoms with Gasteiger partial charge in [-0.2, -0.15) is 0 Å². The maximum absolute atomic E-state index is 4.81. The number of hydrogen-bond acceptors (Lipinski definition) is 0. The molecule has 0 bridgehead atoms. The molecule has 0 radical (unpaired) electrons. The van der Waals surface area contributed by atoms with Gasteiger partial charge in [0, 0.05) is 0 Å². The minimum absolute atomic E-state index is 0.106. The van der Waals surface area contributed by atoms with E-state index in [0.717, 1.165) is 0 Å². The summed E-state index contributed by atoms with van der Waals surface area (Å²) in [7, 11) is 9.63. The molecule has 0 aromatic heterocycles. The first-order chi connectivity index (χ1) is 2.83. The van der Waals surface area contributed by atoms with Crippen LogP contribution in [0.25, 0.3) is 0 Å². The van der Waals surface area contributed by atoms with Crippen LogP contribution in [0, 0.1) is 0 Å². The fourth-order valence-corrected chi connectivity index (χ4v) is 0. The monoisotopic (exact) mass is 440 g/mol. The van der Waals surface area contributed by atoms with Gasteiger partial charge in [-0.25, -0.2) is 0 Å². The fraction of sp³-hybridized carbons (Fsp3) is 0. The molecular formula is Br2Cl2Pd2. The van der Waals surface area contributed by atoms with Crippen molar-refractivity contribution >= 4 is 45.9 Å². The summed E-state index contributed by atoms with van der Waals surface area (Å²) in [6.07, 6.45) is 0. The van der Waals surface area contributed by atoms with E-state index in [2.05, 4.69) is 26.9 Å². The van der Waals surface area contributed by atoms with Crippen molar-refractivity contribution in [1.29, 1.82) is 0 Å².